The summed E-state index contributed by atoms with van der Waals surface area (Å²) < 4.78 is 26.7. The zero-order valence-corrected chi connectivity index (χ0v) is 12.2. The molecule has 2 N–H and O–H groups in total. The first-order chi connectivity index (χ1) is 11.2. The molecule has 7 heteroatoms. The van der Waals surface area contributed by atoms with Crippen molar-refractivity contribution >= 4 is 17.5 Å². The van der Waals surface area contributed by atoms with Crippen LogP contribution in [0.1, 0.15) is 0 Å². The van der Waals surface area contributed by atoms with Gasteiger partial charge in [0.2, 0.25) is 5.95 Å². The number of benzene rings is 1. The minimum Gasteiger partial charge on any atom is -0.357 e. The van der Waals surface area contributed by atoms with Crippen LogP contribution in [0.25, 0.3) is 11.4 Å². The van der Waals surface area contributed by atoms with Crippen LogP contribution in [-0.4, -0.2) is 22.0 Å². The summed E-state index contributed by atoms with van der Waals surface area (Å²) in [6, 6.07) is 10.4. The highest BCUT2D eigenvalue weighted by molar-refractivity contribution is 5.65. The fraction of sp³-hybridized carbons (Fsp3) is 0.0625. The van der Waals surface area contributed by atoms with Crippen LogP contribution < -0.4 is 10.6 Å². The SMILES string of the molecule is CNc1nc(Nc2ccc(F)cc2F)cc(-c2ccccn2)n1. The molecule has 0 radical (unpaired) electrons. The lowest BCUT2D eigenvalue weighted by Gasteiger charge is -2.10. The molecule has 0 amide bonds. The molecule has 116 valence electrons. The van der Waals surface area contributed by atoms with Crippen LogP contribution in [0.15, 0.2) is 48.7 Å². The maximum absolute atomic E-state index is 13.8. The summed E-state index contributed by atoms with van der Waals surface area (Å²) in [6.07, 6.45) is 1.66. The summed E-state index contributed by atoms with van der Waals surface area (Å²) in [7, 11) is 1.68. The maximum atomic E-state index is 13.8. The van der Waals surface area contributed by atoms with Gasteiger partial charge in [-0.2, -0.15) is 4.98 Å². The minimum absolute atomic E-state index is 0.124. The van der Waals surface area contributed by atoms with Gasteiger partial charge < -0.3 is 10.6 Å². The highest BCUT2D eigenvalue weighted by Crippen LogP contribution is 2.24. The summed E-state index contributed by atoms with van der Waals surface area (Å²) in [4.78, 5) is 12.8. The topological polar surface area (TPSA) is 62.7 Å². The van der Waals surface area contributed by atoms with Gasteiger partial charge in [0.1, 0.15) is 17.5 Å². The summed E-state index contributed by atoms with van der Waals surface area (Å²) in [5.41, 5.74) is 1.36. The fourth-order valence-electron chi connectivity index (χ4n) is 2.00. The molecular weight excluding hydrogens is 300 g/mol. The van der Waals surface area contributed by atoms with Crippen molar-refractivity contribution in [2.75, 3.05) is 17.7 Å². The highest BCUT2D eigenvalue weighted by Gasteiger charge is 2.09. The normalized spacial score (nSPS) is 10.4. The number of hydrogen-bond acceptors (Lipinski definition) is 5. The van der Waals surface area contributed by atoms with Crippen molar-refractivity contribution in [2.45, 2.75) is 0 Å². The summed E-state index contributed by atoms with van der Waals surface area (Å²) in [5, 5.41) is 5.67. The molecule has 0 aliphatic carbocycles. The monoisotopic (exact) mass is 313 g/mol. The van der Waals surface area contributed by atoms with Gasteiger partial charge in [0, 0.05) is 25.4 Å². The predicted octanol–water partition coefficient (Wildman–Crippen LogP) is 3.60. The number of nitrogens with one attached hydrogen (secondary N) is 2. The van der Waals surface area contributed by atoms with Crippen LogP contribution in [-0.2, 0) is 0 Å². The molecule has 0 spiro atoms. The third-order valence-electron chi connectivity index (χ3n) is 3.07. The zero-order chi connectivity index (χ0) is 16.2. The third-order valence-corrected chi connectivity index (χ3v) is 3.07. The standard InChI is InChI=1S/C16H13F2N5/c1-19-16-22-14(13-4-2-3-7-20-13)9-15(23-16)21-12-6-5-10(17)8-11(12)18/h2-9H,1H3,(H2,19,21,22,23). The predicted molar refractivity (Wildman–Crippen MR) is 84.5 cm³/mol. The Morgan fingerprint density at radius 2 is 1.83 bits per heavy atom. The second kappa shape index (κ2) is 6.35. The molecule has 2 heterocycles. The molecule has 5 nitrogen and oxygen atoms in total. The van der Waals surface area contributed by atoms with Gasteiger partial charge in [0.25, 0.3) is 0 Å². The quantitative estimate of drug-likeness (QED) is 0.770. The summed E-state index contributed by atoms with van der Waals surface area (Å²) >= 11 is 0. The fourth-order valence-corrected chi connectivity index (χ4v) is 2.00. The van der Waals surface area contributed by atoms with Crippen molar-refractivity contribution < 1.29 is 8.78 Å². The molecule has 0 aliphatic rings. The van der Waals surface area contributed by atoms with Crippen molar-refractivity contribution in [3.63, 3.8) is 0 Å². The van der Waals surface area contributed by atoms with E-state index in [1.54, 1.807) is 25.4 Å². The Hall–Kier alpha value is -3.09. The molecule has 0 saturated carbocycles. The number of aromatic nitrogens is 3. The molecule has 3 rings (SSSR count). The van der Waals surface area contributed by atoms with Gasteiger partial charge in [0.05, 0.1) is 17.1 Å². The lowest BCUT2D eigenvalue weighted by Crippen LogP contribution is -2.03. The molecule has 0 fully saturated rings. The zero-order valence-electron chi connectivity index (χ0n) is 12.2. The van der Waals surface area contributed by atoms with Crippen LogP contribution in [0, 0.1) is 11.6 Å². The van der Waals surface area contributed by atoms with E-state index in [2.05, 4.69) is 25.6 Å². The molecule has 2 aromatic heterocycles. The molecule has 0 atom stereocenters. The van der Waals surface area contributed by atoms with E-state index in [1.165, 1.54) is 12.1 Å². The molecule has 0 saturated heterocycles. The largest absolute Gasteiger partial charge is 0.357 e. The molecule has 0 aliphatic heterocycles. The number of rotatable bonds is 4. The first-order valence-electron chi connectivity index (χ1n) is 6.86. The lowest BCUT2D eigenvalue weighted by molar-refractivity contribution is 0.586. The Balaban J connectivity index is 1.99. The Kier molecular flexibility index (Phi) is 4.09. The average Bonchev–Trinajstić information content (AvgIpc) is 2.58. The molecule has 3 aromatic rings. The summed E-state index contributed by atoms with van der Waals surface area (Å²) in [6.45, 7) is 0. The lowest BCUT2D eigenvalue weighted by atomic mass is 10.2. The van der Waals surface area contributed by atoms with Crippen molar-refractivity contribution in [3.8, 4) is 11.4 Å². The molecule has 0 unspecified atom stereocenters. The van der Waals surface area contributed by atoms with E-state index < -0.39 is 11.6 Å². The Labute approximate surface area is 131 Å². The van der Waals surface area contributed by atoms with Gasteiger partial charge in [-0.1, -0.05) is 6.07 Å². The van der Waals surface area contributed by atoms with Crippen molar-refractivity contribution in [1.29, 1.82) is 0 Å². The smallest absolute Gasteiger partial charge is 0.225 e. The maximum Gasteiger partial charge on any atom is 0.225 e. The average molecular weight is 313 g/mol. The van der Waals surface area contributed by atoms with Gasteiger partial charge >= 0.3 is 0 Å². The molecule has 23 heavy (non-hydrogen) atoms. The van der Waals surface area contributed by atoms with Gasteiger partial charge in [-0.3, -0.25) is 4.98 Å². The Bertz CT molecular complexity index is 824. The minimum atomic E-state index is -0.700. The molecular formula is C16H13F2N5. The van der Waals surface area contributed by atoms with E-state index in [-0.39, 0.29) is 5.69 Å². The number of nitrogens with zero attached hydrogens (tertiary/aromatic N) is 3. The van der Waals surface area contributed by atoms with Crippen molar-refractivity contribution in [2.24, 2.45) is 0 Å². The van der Waals surface area contributed by atoms with Crippen LogP contribution >= 0.6 is 0 Å². The van der Waals surface area contributed by atoms with E-state index >= 15 is 0 Å². The van der Waals surface area contributed by atoms with Gasteiger partial charge in [-0.05, 0) is 24.3 Å². The Morgan fingerprint density at radius 1 is 0.957 bits per heavy atom. The van der Waals surface area contributed by atoms with Crippen molar-refractivity contribution in [1.82, 2.24) is 15.0 Å². The van der Waals surface area contributed by atoms with E-state index in [0.29, 0.717) is 23.2 Å². The van der Waals surface area contributed by atoms with E-state index in [4.69, 9.17) is 0 Å². The number of hydrogen-bond donors (Lipinski definition) is 2. The van der Waals surface area contributed by atoms with Gasteiger partial charge in [-0.25, -0.2) is 13.8 Å². The number of anilines is 3. The number of pyridine rings is 1. The second-order valence-corrected chi connectivity index (χ2v) is 4.68. The second-order valence-electron chi connectivity index (χ2n) is 4.68. The van der Waals surface area contributed by atoms with Crippen molar-refractivity contribution in [3.05, 3.63) is 60.3 Å². The first kappa shape index (κ1) is 14.8. The first-order valence-corrected chi connectivity index (χ1v) is 6.86. The molecule has 1 aromatic carbocycles. The van der Waals surface area contributed by atoms with Gasteiger partial charge in [0.15, 0.2) is 0 Å². The highest BCUT2D eigenvalue weighted by atomic mass is 19.1. The van der Waals surface area contributed by atoms with E-state index in [0.717, 1.165) is 6.07 Å². The summed E-state index contributed by atoms with van der Waals surface area (Å²) in [5.74, 6) is -0.608. The number of halogens is 2. The van der Waals surface area contributed by atoms with E-state index in [1.807, 2.05) is 12.1 Å². The van der Waals surface area contributed by atoms with Crippen LogP contribution in [0.4, 0.5) is 26.2 Å². The van der Waals surface area contributed by atoms with E-state index in [9.17, 15) is 8.78 Å². The Morgan fingerprint density at radius 3 is 2.52 bits per heavy atom. The third kappa shape index (κ3) is 3.39. The van der Waals surface area contributed by atoms with Crippen LogP contribution in [0.2, 0.25) is 0 Å². The van der Waals surface area contributed by atoms with Gasteiger partial charge in [-0.15, -0.1) is 0 Å². The van der Waals surface area contributed by atoms with Crippen LogP contribution in [0.5, 0.6) is 0 Å². The molecule has 0 bridgehead atoms. The van der Waals surface area contributed by atoms with Crippen LogP contribution in [0.3, 0.4) is 0 Å².